The quantitative estimate of drug-likeness (QED) is 0.496. The average molecular weight is 420 g/mol. The lowest BCUT2D eigenvalue weighted by atomic mass is 9.88. The minimum Gasteiger partial charge on any atom is -0.496 e. The second kappa shape index (κ2) is 7.96. The zero-order valence-corrected chi connectivity index (χ0v) is 18.4. The van der Waals surface area contributed by atoms with E-state index in [1.54, 1.807) is 7.11 Å². The summed E-state index contributed by atoms with van der Waals surface area (Å²) in [6, 6.07) is 4.14. The first-order valence-corrected chi connectivity index (χ1v) is 11.1. The van der Waals surface area contributed by atoms with Crippen molar-refractivity contribution in [2.45, 2.75) is 58.4 Å². The van der Waals surface area contributed by atoms with Crippen LogP contribution in [0.15, 0.2) is 22.9 Å². The number of nitrogens with zero attached hydrogens (tertiary/aromatic N) is 4. The molecule has 0 aliphatic heterocycles. The molecule has 7 nitrogen and oxygen atoms in total. The van der Waals surface area contributed by atoms with E-state index in [0.29, 0.717) is 12.5 Å². The third-order valence-electron chi connectivity index (χ3n) is 6.55. The molecule has 3 aromatic heterocycles. The molecule has 0 radical (unpaired) electrons. The molecule has 3 heterocycles. The minimum absolute atomic E-state index is 0.492. The predicted molar refractivity (Wildman–Crippen MR) is 121 cm³/mol. The number of imidazole rings is 1. The number of hydrogen-bond donors (Lipinski definition) is 1. The summed E-state index contributed by atoms with van der Waals surface area (Å²) in [5.74, 6) is 3.19. The van der Waals surface area contributed by atoms with Crippen molar-refractivity contribution in [3.8, 4) is 16.9 Å². The fourth-order valence-electron chi connectivity index (χ4n) is 5.12. The third kappa shape index (κ3) is 3.28. The summed E-state index contributed by atoms with van der Waals surface area (Å²) in [5.41, 5.74) is 11.7. The van der Waals surface area contributed by atoms with E-state index in [9.17, 15) is 0 Å². The molecule has 2 N–H and O–H groups in total. The van der Waals surface area contributed by atoms with Crippen molar-refractivity contribution in [2.75, 3.05) is 13.7 Å². The number of aromatic nitrogens is 4. The summed E-state index contributed by atoms with van der Waals surface area (Å²) in [6.45, 7) is 5.18. The SMILES string of the molecule is COc1cc2c(cc1-c1c(C)noc1C)ncc1nc(C3CCCCC3)n(CCN)c12. The number of rotatable bonds is 5. The monoisotopic (exact) mass is 419 g/mol. The van der Waals surface area contributed by atoms with Gasteiger partial charge in [0.15, 0.2) is 0 Å². The molecule has 0 bridgehead atoms. The summed E-state index contributed by atoms with van der Waals surface area (Å²) in [5, 5.41) is 5.15. The second-order valence-electron chi connectivity index (χ2n) is 8.51. The Morgan fingerprint density at radius 3 is 2.65 bits per heavy atom. The molecule has 1 saturated carbocycles. The van der Waals surface area contributed by atoms with Crippen LogP contribution in [-0.4, -0.2) is 33.3 Å². The van der Waals surface area contributed by atoms with Gasteiger partial charge in [0, 0.05) is 30.0 Å². The van der Waals surface area contributed by atoms with Gasteiger partial charge >= 0.3 is 0 Å². The maximum Gasteiger partial charge on any atom is 0.141 e. The van der Waals surface area contributed by atoms with Crippen LogP contribution in [0.1, 0.15) is 55.3 Å². The molecule has 5 rings (SSSR count). The highest BCUT2D eigenvalue weighted by Gasteiger charge is 2.24. The van der Waals surface area contributed by atoms with Crippen molar-refractivity contribution < 1.29 is 9.26 Å². The van der Waals surface area contributed by atoms with Crippen molar-refractivity contribution >= 4 is 21.9 Å². The van der Waals surface area contributed by atoms with E-state index in [1.807, 2.05) is 20.0 Å². The van der Waals surface area contributed by atoms with Gasteiger partial charge in [0.1, 0.15) is 22.9 Å². The lowest BCUT2D eigenvalue weighted by molar-refractivity contribution is 0.393. The molecule has 1 aliphatic carbocycles. The van der Waals surface area contributed by atoms with Gasteiger partial charge < -0.3 is 19.6 Å². The molecular formula is C24H29N5O2. The molecule has 1 fully saturated rings. The number of pyridine rings is 1. The van der Waals surface area contributed by atoms with E-state index in [2.05, 4.69) is 21.9 Å². The molecule has 1 aliphatic rings. The van der Waals surface area contributed by atoms with Crippen molar-refractivity contribution in [3.63, 3.8) is 0 Å². The van der Waals surface area contributed by atoms with Gasteiger partial charge in [-0.2, -0.15) is 0 Å². The van der Waals surface area contributed by atoms with E-state index in [1.165, 1.54) is 32.1 Å². The lowest BCUT2D eigenvalue weighted by Gasteiger charge is -2.22. The molecule has 0 atom stereocenters. The standard InChI is InChI=1S/C24H29N5O2/c1-14-22(15(2)31-28-14)18-11-19-17(12-21(18)30-3)23-20(13-26-19)27-24(29(23)10-9-25)16-7-5-4-6-8-16/h11-13,16H,4-10,25H2,1-3H3. The van der Waals surface area contributed by atoms with Crippen LogP contribution in [0.2, 0.25) is 0 Å². The smallest absolute Gasteiger partial charge is 0.141 e. The number of ether oxygens (including phenoxy) is 1. The number of fused-ring (bicyclic) bond motifs is 3. The Labute approximate surface area is 181 Å². The summed E-state index contributed by atoms with van der Waals surface area (Å²) < 4.78 is 13.5. The highest BCUT2D eigenvalue weighted by atomic mass is 16.5. The van der Waals surface area contributed by atoms with Gasteiger partial charge in [0.2, 0.25) is 0 Å². The van der Waals surface area contributed by atoms with E-state index in [0.717, 1.165) is 62.6 Å². The zero-order valence-electron chi connectivity index (χ0n) is 18.4. The van der Waals surface area contributed by atoms with E-state index < -0.39 is 0 Å². The van der Waals surface area contributed by atoms with Gasteiger partial charge in [-0.05, 0) is 38.8 Å². The molecule has 0 unspecified atom stereocenters. The van der Waals surface area contributed by atoms with E-state index >= 15 is 0 Å². The number of methoxy groups -OCH3 is 1. The van der Waals surface area contributed by atoms with Gasteiger partial charge in [-0.1, -0.05) is 24.4 Å². The second-order valence-corrected chi connectivity index (χ2v) is 8.51. The summed E-state index contributed by atoms with van der Waals surface area (Å²) in [6.07, 6.45) is 8.13. The number of benzene rings is 1. The minimum atomic E-state index is 0.492. The molecule has 7 heteroatoms. The zero-order chi connectivity index (χ0) is 21.5. The molecule has 162 valence electrons. The normalized spacial score (nSPS) is 15.2. The van der Waals surface area contributed by atoms with E-state index in [-0.39, 0.29) is 0 Å². The highest BCUT2D eigenvalue weighted by Crippen LogP contribution is 2.40. The van der Waals surface area contributed by atoms with Crippen LogP contribution in [-0.2, 0) is 6.54 Å². The lowest BCUT2D eigenvalue weighted by Crippen LogP contribution is -2.16. The predicted octanol–water partition coefficient (Wildman–Crippen LogP) is 4.87. The van der Waals surface area contributed by atoms with Crippen LogP contribution in [0.25, 0.3) is 33.1 Å². The van der Waals surface area contributed by atoms with Crippen molar-refractivity contribution in [1.29, 1.82) is 0 Å². The first-order chi connectivity index (χ1) is 15.1. The maximum atomic E-state index is 6.02. The molecule has 0 amide bonds. The molecule has 0 saturated heterocycles. The summed E-state index contributed by atoms with van der Waals surface area (Å²) >= 11 is 0. The van der Waals surface area contributed by atoms with Gasteiger partial charge in [-0.25, -0.2) is 4.98 Å². The Bertz CT molecular complexity index is 1230. The van der Waals surface area contributed by atoms with Crippen LogP contribution < -0.4 is 10.5 Å². The summed E-state index contributed by atoms with van der Waals surface area (Å²) in [4.78, 5) is 9.80. The Morgan fingerprint density at radius 1 is 1.16 bits per heavy atom. The highest BCUT2D eigenvalue weighted by molar-refractivity contribution is 6.05. The third-order valence-corrected chi connectivity index (χ3v) is 6.55. The van der Waals surface area contributed by atoms with Gasteiger partial charge in [-0.15, -0.1) is 0 Å². The van der Waals surface area contributed by atoms with Crippen molar-refractivity contribution in [2.24, 2.45) is 5.73 Å². The largest absolute Gasteiger partial charge is 0.496 e. The number of aryl methyl sites for hydroxylation is 2. The summed E-state index contributed by atoms with van der Waals surface area (Å²) in [7, 11) is 1.70. The fraction of sp³-hybridized carbons (Fsp3) is 0.458. The van der Waals surface area contributed by atoms with E-state index in [4.69, 9.17) is 25.0 Å². The van der Waals surface area contributed by atoms with Crippen LogP contribution >= 0.6 is 0 Å². The Hall–Kier alpha value is -2.93. The van der Waals surface area contributed by atoms with Crippen molar-refractivity contribution in [1.82, 2.24) is 19.7 Å². The van der Waals surface area contributed by atoms with Gasteiger partial charge in [0.05, 0.1) is 35.6 Å². The molecule has 31 heavy (non-hydrogen) atoms. The van der Waals surface area contributed by atoms with Crippen LogP contribution in [0.4, 0.5) is 0 Å². The number of hydrogen-bond acceptors (Lipinski definition) is 6. The first kappa shape index (κ1) is 20.0. The van der Waals surface area contributed by atoms with Gasteiger partial charge in [-0.3, -0.25) is 4.98 Å². The Balaban J connectivity index is 1.76. The maximum absolute atomic E-state index is 6.02. The van der Waals surface area contributed by atoms with Crippen molar-refractivity contribution in [3.05, 3.63) is 35.6 Å². The average Bonchev–Trinajstić information content (AvgIpc) is 3.33. The van der Waals surface area contributed by atoms with Gasteiger partial charge in [0.25, 0.3) is 0 Å². The topological polar surface area (TPSA) is 92.0 Å². The Morgan fingerprint density at radius 2 is 1.97 bits per heavy atom. The molecule has 1 aromatic carbocycles. The number of nitrogens with two attached hydrogens (primary N) is 1. The molecule has 0 spiro atoms. The Kier molecular flexibility index (Phi) is 5.14. The molecular weight excluding hydrogens is 390 g/mol. The first-order valence-electron chi connectivity index (χ1n) is 11.1. The fourth-order valence-corrected chi connectivity index (χ4v) is 5.12. The van der Waals surface area contributed by atoms with Crippen LogP contribution in [0.3, 0.4) is 0 Å². The van der Waals surface area contributed by atoms with Crippen LogP contribution in [0.5, 0.6) is 5.75 Å². The molecule has 4 aromatic rings. The van der Waals surface area contributed by atoms with Crippen LogP contribution in [0, 0.1) is 13.8 Å².